The van der Waals surface area contributed by atoms with Gasteiger partial charge in [0.25, 0.3) is 11.8 Å². The molecular weight excluding hydrogens is 368 g/mol. The van der Waals surface area contributed by atoms with Crippen molar-refractivity contribution in [3.05, 3.63) is 88.5 Å². The Kier molecular flexibility index (Phi) is 4.39. The van der Waals surface area contributed by atoms with Gasteiger partial charge in [0.05, 0.1) is 16.8 Å². The van der Waals surface area contributed by atoms with Crippen molar-refractivity contribution in [2.45, 2.75) is 13.8 Å². The number of amides is 3. The Morgan fingerprint density at radius 2 is 1.41 bits per heavy atom. The van der Waals surface area contributed by atoms with Crippen LogP contribution in [0.3, 0.4) is 0 Å². The molecular formula is C23H18N2O4. The topological polar surface area (TPSA) is 89.7 Å². The van der Waals surface area contributed by atoms with Crippen molar-refractivity contribution in [2.24, 2.45) is 5.73 Å². The van der Waals surface area contributed by atoms with Crippen molar-refractivity contribution in [2.75, 3.05) is 4.90 Å². The SMILES string of the molecule is Cc1ccc(Oc2ccc3c(c2)C(=O)N(c2ccc(C(N)=O)cc2)C3=O)cc1C. The number of carbonyl (C=O) groups is 3. The van der Waals surface area contributed by atoms with Crippen molar-refractivity contribution >= 4 is 23.4 Å². The predicted molar refractivity (Wildman–Crippen MR) is 109 cm³/mol. The van der Waals surface area contributed by atoms with E-state index >= 15 is 0 Å². The number of nitrogens with two attached hydrogens (primary N) is 1. The first-order valence-corrected chi connectivity index (χ1v) is 9.03. The molecule has 0 aliphatic carbocycles. The largest absolute Gasteiger partial charge is 0.457 e. The molecule has 29 heavy (non-hydrogen) atoms. The van der Waals surface area contributed by atoms with E-state index < -0.39 is 17.7 Å². The van der Waals surface area contributed by atoms with Gasteiger partial charge in [-0.1, -0.05) is 6.07 Å². The van der Waals surface area contributed by atoms with Crippen LogP contribution in [0, 0.1) is 13.8 Å². The van der Waals surface area contributed by atoms with Crippen LogP contribution >= 0.6 is 0 Å². The highest BCUT2D eigenvalue weighted by Gasteiger charge is 2.37. The predicted octanol–water partition coefficient (Wildman–Crippen LogP) is 4.00. The highest BCUT2D eigenvalue weighted by Crippen LogP contribution is 2.32. The minimum Gasteiger partial charge on any atom is -0.457 e. The van der Waals surface area contributed by atoms with Crippen molar-refractivity contribution < 1.29 is 19.1 Å². The molecule has 1 aliphatic heterocycles. The van der Waals surface area contributed by atoms with E-state index in [2.05, 4.69) is 0 Å². The van der Waals surface area contributed by atoms with E-state index in [0.717, 1.165) is 16.0 Å². The first kappa shape index (κ1) is 18.4. The molecule has 0 unspecified atom stereocenters. The summed E-state index contributed by atoms with van der Waals surface area (Å²) < 4.78 is 5.87. The molecule has 1 aliphatic rings. The quantitative estimate of drug-likeness (QED) is 0.687. The standard InChI is InChI=1S/C23H18N2O4/c1-13-3-8-17(11-14(13)2)29-18-9-10-19-20(12-18)23(28)25(22(19)27)16-6-4-15(5-7-16)21(24)26/h3-12H,1-2H3,(H2,24,26). The fourth-order valence-corrected chi connectivity index (χ4v) is 3.21. The number of fused-ring (bicyclic) bond motifs is 1. The lowest BCUT2D eigenvalue weighted by atomic mass is 10.1. The summed E-state index contributed by atoms with van der Waals surface area (Å²) in [6, 6.07) is 16.6. The van der Waals surface area contributed by atoms with Crippen molar-refractivity contribution in [3.8, 4) is 11.5 Å². The van der Waals surface area contributed by atoms with Gasteiger partial charge in [-0.2, -0.15) is 0 Å². The molecule has 3 amide bonds. The number of aryl methyl sites for hydroxylation is 2. The Morgan fingerprint density at radius 3 is 2.07 bits per heavy atom. The van der Waals surface area contributed by atoms with Gasteiger partial charge in [0.1, 0.15) is 11.5 Å². The minimum atomic E-state index is -0.577. The van der Waals surface area contributed by atoms with Gasteiger partial charge in [-0.3, -0.25) is 14.4 Å². The zero-order valence-electron chi connectivity index (χ0n) is 15.9. The Balaban J connectivity index is 1.63. The molecule has 6 nitrogen and oxygen atoms in total. The molecule has 0 saturated heterocycles. The second-order valence-corrected chi connectivity index (χ2v) is 6.91. The number of imide groups is 1. The first-order chi connectivity index (χ1) is 13.8. The maximum absolute atomic E-state index is 12.9. The maximum atomic E-state index is 12.9. The molecule has 0 fully saturated rings. The van der Waals surface area contributed by atoms with Crippen LogP contribution in [0.5, 0.6) is 11.5 Å². The van der Waals surface area contributed by atoms with Crippen LogP contribution < -0.4 is 15.4 Å². The first-order valence-electron chi connectivity index (χ1n) is 9.03. The molecule has 0 bridgehead atoms. The molecule has 0 atom stereocenters. The highest BCUT2D eigenvalue weighted by atomic mass is 16.5. The molecule has 4 rings (SSSR count). The van der Waals surface area contributed by atoms with Crippen LogP contribution in [-0.4, -0.2) is 17.7 Å². The lowest BCUT2D eigenvalue weighted by Gasteiger charge is -2.13. The minimum absolute atomic E-state index is 0.273. The van der Waals surface area contributed by atoms with E-state index in [1.54, 1.807) is 18.2 Å². The Labute approximate surface area is 167 Å². The molecule has 144 valence electrons. The van der Waals surface area contributed by atoms with Gasteiger partial charge < -0.3 is 10.5 Å². The van der Waals surface area contributed by atoms with E-state index in [9.17, 15) is 14.4 Å². The zero-order chi connectivity index (χ0) is 20.7. The average Bonchev–Trinajstić information content (AvgIpc) is 2.95. The lowest BCUT2D eigenvalue weighted by molar-refractivity contribution is 0.0925. The zero-order valence-corrected chi connectivity index (χ0v) is 15.9. The Bertz CT molecular complexity index is 1170. The molecule has 3 aromatic rings. The van der Waals surface area contributed by atoms with Crippen molar-refractivity contribution in [3.63, 3.8) is 0 Å². The third-order valence-corrected chi connectivity index (χ3v) is 4.98. The fraction of sp³-hybridized carbons (Fsp3) is 0.0870. The van der Waals surface area contributed by atoms with Gasteiger partial charge in [0.2, 0.25) is 5.91 Å². The van der Waals surface area contributed by atoms with Crippen LogP contribution in [-0.2, 0) is 0 Å². The number of benzene rings is 3. The van der Waals surface area contributed by atoms with Crippen molar-refractivity contribution in [1.82, 2.24) is 0 Å². The van der Waals surface area contributed by atoms with E-state index in [0.29, 0.717) is 28.3 Å². The van der Waals surface area contributed by atoms with Crippen LogP contribution in [0.15, 0.2) is 60.7 Å². The Hall–Kier alpha value is -3.93. The summed E-state index contributed by atoms with van der Waals surface area (Å²) in [7, 11) is 0. The summed E-state index contributed by atoms with van der Waals surface area (Å²) in [4.78, 5) is 37.9. The summed E-state index contributed by atoms with van der Waals surface area (Å²) in [5.41, 5.74) is 8.75. The van der Waals surface area contributed by atoms with E-state index in [1.807, 2.05) is 32.0 Å². The Morgan fingerprint density at radius 1 is 0.793 bits per heavy atom. The molecule has 1 heterocycles. The summed E-state index contributed by atoms with van der Waals surface area (Å²) in [5.74, 6) is -0.313. The number of hydrogen-bond acceptors (Lipinski definition) is 4. The van der Waals surface area contributed by atoms with Crippen LogP contribution in [0.1, 0.15) is 42.2 Å². The number of carbonyl (C=O) groups excluding carboxylic acids is 3. The van der Waals surface area contributed by atoms with E-state index in [-0.39, 0.29) is 5.56 Å². The molecule has 6 heteroatoms. The summed E-state index contributed by atoms with van der Waals surface area (Å²) in [5, 5.41) is 0. The molecule has 0 spiro atoms. The van der Waals surface area contributed by atoms with Crippen LogP contribution in [0.2, 0.25) is 0 Å². The maximum Gasteiger partial charge on any atom is 0.266 e. The fourth-order valence-electron chi connectivity index (χ4n) is 3.21. The number of rotatable bonds is 4. The molecule has 0 saturated carbocycles. The van der Waals surface area contributed by atoms with Gasteiger partial charge in [0, 0.05) is 5.56 Å². The van der Waals surface area contributed by atoms with Gasteiger partial charge in [-0.05, 0) is 79.6 Å². The van der Waals surface area contributed by atoms with Gasteiger partial charge >= 0.3 is 0 Å². The number of hydrogen-bond donors (Lipinski definition) is 1. The average molecular weight is 386 g/mol. The molecule has 0 radical (unpaired) electrons. The van der Waals surface area contributed by atoms with E-state index in [4.69, 9.17) is 10.5 Å². The van der Waals surface area contributed by atoms with Crippen LogP contribution in [0.25, 0.3) is 0 Å². The van der Waals surface area contributed by atoms with Crippen LogP contribution in [0.4, 0.5) is 5.69 Å². The normalized spacial score (nSPS) is 12.8. The molecule has 3 aromatic carbocycles. The second-order valence-electron chi connectivity index (χ2n) is 6.91. The van der Waals surface area contributed by atoms with Crippen molar-refractivity contribution in [1.29, 1.82) is 0 Å². The molecule has 2 N–H and O–H groups in total. The summed E-state index contributed by atoms with van der Waals surface area (Å²) >= 11 is 0. The monoisotopic (exact) mass is 386 g/mol. The summed E-state index contributed by atoms with van der Waals surface area (Å²) in [6.07, 6.45) is 0. The smallest absolute Gasteiger partial charge is 0.266 e. The van der Waals surface area contributed by atoms with E-state index in [1.165, 1.54) is 24.3 Å². The number of nitrogens with zero attached hydrogens (tertiary/aromatic N) is 1. The van der Waals surface area contributed by atoms with Gasteiger partial charge in [-0.25, -0.2) is 4.90 Å². The lowest BCUT2D eigenvalue weighted by Crippen LogP contribution is -2.29. The number of primary amides is 1. The molecule has 0 aromatic heterocycles. The highest BCUT2D eigenvalue weighted by molar-refractivity contribution is 6.34. The van der Waals surface area contributed by atoms with Gasteiger partial charge in [0.15, 0.2) is 0 Å². The van der Waals surface area contributed by atoms with Gasteiger partial charge in [-0.15, -0.1) is 0 Å². The third-order valence-electron chi connectivity index (χ3n) is 4.98. The number of anilines is 1. The summed E-state index contributed by atoms with van der Waals surface area (Å²) in [6.45, 7) is 4.01. The second kappa shape index (κ2) is 6.91. The third kappa shape index (κ3) is 3.25. The number of ether oxygens (including phenoxy) is 1.